The molecule has 25 heavy (non-hydrogen) atoms. The summed E-state index contributed by atoms with van der Waals surface area (Å²) in [4.78, 5) is 0. The lowest BCUT2D eigenvalue weighted by atomic mass is 10.2. The van der Waals surface area contributed by atoms with Gasteiger partial charge in [0.25, 0.3) is 0 Å². The summed E-state index contributed by atoms with van der Waals surface area (Å²) in [5.41, 5.74) is 0.974. The molecule has 0 amide bonds. The molecule has 2 nitrogen and oxygen atoms in total. The van der Waals surface area contributed by atoms with E-state index in [0.717, 1.165) is 11.3 Å². The van der Waals surface area contributed by atoms with Gasteiger partial charge in [0.2, 0.25) is 0 Å². The van der Waals surface area contributed by atoms with Crippen LogP contribution in [0, 0.1) is 0 Å². The van der Waals surface area contributed by atoms with E-state index in [0.29, 0.717) is 0 Å². The van der Waals surface area contributed by atoms with Crippen molar-refractivity contribution in [2.45, 2.75) is 6.55 Å². The SMILES string of the molecule is C[Si](O/C(=C/CO)c1ccccc1)(c1ccccc1)c1ccccc1. The highest BCUT2D eigenvalue weighted by molar-refractivity contribution is 6.97. The Morgan fingerprint density at radius 2 is 1.24 bits per heavy atom. The normalized spacial score (nSPS) is 12.0. The molecule has 0 fully saturated rings. The van der Waals surface area contributed by atoms with Crippen molar-refractivity contribution in [1.82, 2.24) is 0 Å². The zero-order valence-corrected chi connectivity index (χ0v) is 15.3. The molecular formula is C22H22O2Si. The van der Waals surface area contributed by atoms with Crippen LogP contribution in [0.5, 0.6) is 0 Å². The molecule has 1 N–H and O–H groups in total. The molecule has 0 aliphatic heterocycles. The molecule has 0 aromatic heterocycles. The maximum absolute atomic E-state index is 9.50. The van der Waals surface area contributed by atoms with Crippen LogP contribution in [0.2, 0.25) is 6.55 Å². The van der Waals surface area contributed by atoms with Crippen molar-refractivity contribution in [1.29, 1.82) is 0 Å². The molecule has 126 valence electrons. The lowest BCUT2D eigenvalue weighted by Gasteiger charge is -2.31. The number of aliphatic hydroxyl groups excluding tert-OH is 1. The Kier molecular flexibility index (Phi) is 5.48. The quantitative estimate of drug-likeness (QED) is 0.547. The first kappa shape index (κ1) is 17.2. The summed E-state index contributed by atoms with van der Waals surface area (Å²) in [6.07, 6.45) is 1.74. The highest BCUT2D eigenvalue weighted by Gasteiger charge is 2.36. The van der Waals surface area contributed by atoms with Crippen molar-refractivity contribution in [2.75, 3.05) is 6.61 Å². The fourth-order valence-electron chi connectivity index (χ4n) is 2.92. The topological polar surface area (TPSA) is 29.5 Å². The molecule has 0 radical (unpaired) electrons. The van der Waals surface area contributed by atoms with Gasteiger partial charge in [-0.3, -0.25) is 0 Å². The highest BCUT2D eigenvalue weighted by Crippen LogP contribution is 2.21. The smallest absolute Gasteiger partial charge is 0.311 e. The first-order valence-corrected chi connectivity index (χ1v) is 10.8. The van der Waals surface area contributed by atoms with Crippen molar-refractivity contribution < 1.29 is 9.53 Å². The second-order valence-corrected chi connectivity index (χ2v) is 9.41. The summed E-state index contributed by atoms with van der Waals surface area (Å²) >= 11 is 0. The Labute approximate surface area is 150 Å². The van der Waals surface area contributed by atoms with E-state index >= 15 is 0 Å². The van der Waals surface area contributed by atoms with Crippen LogP contribution < -0.4 is 10.4 Å². The number of rotatable bonds is 6. The standard InChI is InChI=1S/C22H22O2Si/c1-25(20-13-7-3-8-14-20,21-15-9-4-10-16-21)24-22(17-18-23)19-11-5-2-6-12-19/h2-17,23H,18H2,1H3/b22-17+. The van der Waals surface area contributed by atoms with E-state index in [1.807, 2.05) is 66.7 Å². The maximum atomic E-state index is 9.50. The van der Waals surface area contributed by atoms with Gasteiger partial charge in [-0.05, 0) is 23.0 Å². The summed E-state index contributed by atoms with van der Waals surface area (Å²) < 4.78 is 6.68. The Hall–Kier alpha value is -2.62. The van der Waals surface area contributed by atoms with Gasteiger partial charge in [0.05, 0.1) is 6.61 Å². The molecule has 0 aliphatic rings. The summed E-state index contributed by atoms with van der Waals surface area (Å²) in [6, 6.07) is 30.7. The van der Waals surface area contributed by atoms with E-state index in [-0.39, 0.29) is 6.61 Å². The van der Waals surface area contributed by atoms with Gasteiger partial charge in [-0.1, -0.05) is 91.0 Å². The lowest BCUT2D eigenvalue weighted by Crippen LogP contribution is -2.57. The molecule has 0 bridgehead atoms. The molecule has 3 heteroatoms. The van der Waals surface area contributed by atoms with Crippen LogP contribution in [-0.2, 0) is 4.43 Å². The fourth-order valence-corrected chi connectivity index (χ4v) is 5.79. The van der Waals surface area contributed by atoms with E-state index < -0.39 is 8.32 Å². The van der Waals surface area contributed by atoms with Crippen LogP contribution in [0.15, 0.2) is 97.1 Å². The zero-order chi connectivity index (χ0) is 17.5. The number of hydrogen-bond acceptors (Lipinski definition) is 2. The average Bonchev–Trinajstić information content (AvgIpc) is 2.69. The Bertz CT molecular complexity index is 775. The van der Waals surface area contributed by atoms with Crippen molar-refractivity contribution in [2.24, 2.45) is 0 Å². The van der Waals surface area contributed by atoms with Crippen molar-refractivity contribution in [3.63, 3.8) is 0 Å². The van der Waals surface area contributed by atoms with Crippen LogP contribution in [0.1, 0.15) is 5.56 Å². The third-order valence-corrected chi connectivity index (χ3v) is 7.80. The molecule has 0 saturated carbocycles. The van der Waals surface area contributed by atoms with Gasteiger partial charge in [0.15, 0.2) is 0 Å². The van der Waals surface area contributed by atoms with Crippen LogP contribution in [0.25, 0.3) is 5.76 Å². The Morgan fingerprint density at radius 1 is 0.800 bits per heavy atom. The Morgan fingerprint density at radius 3 is 1.68 bits per heavy atom. The first-order chi connectivity index (χ1) is 12.2. The predicted molar refractivity (Wildman–Crippen MR) is 106 cm³/mol. The largest absolute Gasteiger partial charge is 0.535 e. The van der Waals surface area contributed by atoms with Gasteiger partial charge in [-0.2, -0.15) is 0 Å². The summed E-state index contributed by atoms with van der Waals surface area (Å²) in [7, 11) is -2.46. The second kappa shape index (κ2) is 7.97. The van der Waals surface area contributed by atoms with Crippen LogP contribution in [-0.4, -0.2) is 20.0 Å². The van der Waals surface area contributed by atoms with Crippen LogP contribution in [0.4, 0.5) is 0 Å². The molecule has 3 aromatic carbocycles. The van der Waals surface area contributed by atoms with Crippen molar-refractivity contribution in [3.8, 4) is 0 Å². The third-order valence-electron chi connectivity index (χ3n) is 4.30. The molecule has 0 saturated heterocycles. The minimum Gasteiger partial charge on any atom is -0.535 e. The molecule has 0 spiro atoms. The van der Waals surface area contributed by atoms with Crippen molar-refractivity contribution >= 4 is 24.5 Å². The molecule has 3 aromatic rings. The minimum absolute atomic E-state index is 0.0573. The molecule has 0 atom stereocenters. The molecule has 0 aliphatic carbocycles. The number of aliphatic hydroxyl groups is 1. The highest BCUT2D eigenvalue weighted by atomic mass is 28.4. The van der Waals surface area contributed by atoms with Crippen LogP contribution >= 0.6 is 0 Å². The van der Waals surface area contributed by atoms with Gasteiger partial charge in [0, 0.05) is 5.56 Å². The van der Waals surface area contributed by atoms with Gasteiger partial charge < -0.3 is 9.53 Å². The minimum atomic E-state index is -2.46. The zero-order valence-electron chi connectivity index (χ0n) is 14.3. The van der Waals surface area contributed by atoms with E-state index in [4.69, 9.17) is 4.43 Å². The lowest BCUT2D eigenvalue weighted by molar-refractivity contribution is 0.340. The third kappa shape index (κ3) is 3.90. The monoisotopic (exact) mass is 346 g/mol. The van der Waals surface area contributed by atoms with Crippen molar-refractivity contribution in [3.05, 3.63) is 103 Å². The van der Waals surface area contributed by atoms with Gasteiger partial charge >= 0.3 is 8.32 Å². The first-order valence-electron chi connectivity index (χ1n) is 8.40. The van der Waals surface area contributed by atoms with E-state index in [9.17, 15) is 5.11 Å². The van der Waals surface area contributed by atoms with E-state index in [1.165, 1.54) is 10.4 Å². The maximum Gasteiger partial charge on any atom is 0.311 e. The summed E-state index contributed by atoms with van der Waals surface area (Å²) in [6.45, 7) is 2.14. The van der Waals surface area contributed by atoms with Crippen LogP contribution in [0.3, 0.4) is 0 Å². The fraction of sp³-hybridized carbons (Fsp3) is 0.0909. The van der Waals surface area contributed by atoms with Gasteiger partial charge in [-0.15, -0.1) is 0 Å². The summed E-state index contributed by atoms with van der Waals surface area (Å²) in [5, 5.41) is 11.9. The predicted octanol–water partition coefficient (Wildman–Crippen LogP) is 3.43. The number of benzene rings is 3. The molecule has 3 rings (SSSR count). The number of hydrogen-bond donors (Lipinski definition) is 1. The molecule has 0 unspecified atom stereocenters. The average molecular weight is 347 g/mol. The Balaban J connectivity index is 2.08. The van der Waals surface area contributed by atoms with Gasteiger partial charge in [-0.25, -0.2) is 0 Å². The van der Waals surface area contributed by atoms with E-state index in [1.54, 1.807) is 6.08 Å². The van der Waals surface area contributed by atoms with Gasteiger partial charge in [0.1, 0.15) is 5.76 Å². The molecular weight excluding hydrogens is 324 g/mol. The molecule has 0 heterocycles. The summed E-state index contributed by atoms with van der Waals surface area (Å²) in [5.74, 6) is 0.727. The van der Waals surface area contributed by atoms with E-state index in [2.05, 4.69) is 30.8 Å². The second-order valence-electron chi connectivity index (χ2n) is 5.98.